The normalized spacial score (nSPS) is 42.2. The highest BCUT2D eigenvalue weighted by molar-refractivity contribution is 5.04. The highest BCUT2D eigenvalue weighted by atomic mass is 16.5. The first-order valence-corrected chi connectivity index (χ1v) is 12.0. The van der Waals surface area contributed by atoms with Crippen molar-refractivity contribution < 1.29 is 18.9 Å². The smallest absolute Gasteiger partial charge is 0.0566 e. The van der Waals surface area contributed by atoms with Gasteiger partial charge in [-0.05, 0) is 74.0 Å². The quantitative estimate of drug-likeness (QED) is 0.559. The summed E-state index contributed by atoms with van der Waals surface area (Å²) in [6.07, 6.45) is 8.10. The predicted molar refractivity (Wildman–Crippen MR) is 108 cm³/mol. The first kappa shape index (κ1) is 19.8. The monoisotopic (exact) mass is 392 g/mol. The topological polar surface area (TPSA) is 36.9 Å². The van der Waals surface area contributed by atoms with Crippen LogP contribution >= 0.6 is 0 Å². The van der Waals surface area contributed by atoms with Crippen molar-refractivity contribution in [3.63, 3.8) is 0 Å². The van der Waals surface area contributed by atoms with E-state index in [1.54, 1.807) is 0 Å². The van der Waals surface area contributed by atoms with Crippen molar-refractivity contribution in [2.45, 2.75) is 52.4 Å². The molecule has 28 heavy (non-hydrogen) atoms. The molecule has 6 unspecified atom stereocenters. The maximum Gasteiger partial charge on any atom is 0.0566 e. The molecule has 4 nitrogen and oxygen atoms in total. The van der Waals surface area contributed by atoms with E-state index in [1.807, 2.05) is 0 Å². The van der Waals surface area contributed by atoms with Gasteiger partial charge in [-0.25, -0.2) is 0 Å². The van der Waals surface area contributed by atoms with Crippen LogP contribution in [0.25, 0.3) is 0 Å². The number of hydrogen-bond donors (Lipinski definition) is 0. The van der Waals surface area contributed by atoms with E-state index in [1.165, 1.54) is 38.5 Å². The second kappa shape index (κ2) is 7.83. The van der Waals surface area contributed by atoms with E-state index < -0.39 is 0 Å². The van der Waals surface area contributed by atoms with Crippen LogP contribution in [0.1, 0.15) is 52.4 Å². The Morgan fingerprint density at radius 1 is 0.714 bits per heavy atom. The van der Waals surface area contributed by atoms with Gasteiger partial charge in [-0.15, -0.1) is 0 Å². The van der Waals surface area contributed by atoms with Crippen molar-refractivity contribution in [2.75, 3.05) is 52.9 Å². The molecule has 0 N–H and O–H groups in total. The van der Waals surface area contributed by atoms with Crippen LogP contribution in [0.3, 0.4) is 0 Å². The van der Waals surface area contributed by atoms with Crippen LogP contribution < -0.4 is 0 Å². The van der Waals surface area contributed by atoms with Crippen LogP contribution in [0.15, 0.2) is 0 Å². The molecule has 2 heterocycles. The number of hydrogen-bond acceptors (Lipinski definition) is 4. The van der Waals surface area contributed by atoms with Gasteiger partial charge in [0.2, 0.25) is 0 Å². The lowest BCUT2D eigenvalue weighted by atomic mass is 9.76. The average Bonchev–Trinajstić information content (AvgIpc) is 3.31. The zero-order valence-electron chi connectivity index (χ0n) is 18.0. The van der Waals surface area contributed by atoms with Gasteiger partial charge >= 0.3 is 0 Å². The van der Waals surface area contributed by atoms with E-state index in [-0.39, 0.29) is 0 Å². The van der Waals surface area contributed by atoms with Crippen molar-refractivity contribution >= 4 is 0 Å². The van der Waals surface area contributed by atoms with Gasteiger partial charge in [0.05, 0.1) is 39.6 Å². The molecule has 160 valence electrons. The fourth-order valence-electron chi connectivity index (χ4n) is 7.08. The summed E-state index contributed by atoms with van der Waals surface area (Å²) in [6.45, 7) is 11.9. The molecule has 2 bridgehead atoms. The molecule has 0 amide bonds. The van der Waals surface area contributed by atoms with Crippen LogP contribution in [0.5, 0.6) is 0 Å². The fourth-order valence-corrected chi connectivity index (χ4v) is 7.08. The summed E-state index contributed by atoms with van der Waals surface area (Å²) < 4.78 is 23.4. The van der Waals surface area contributed by atoms with E-state index in [9.17, 15) is 0 Å². The third kappa shape index (κ3) is 3.46. The van der Waals surface area contributed by atoms with Gasteiger partial charge < -0.3 is 18.9 Å². The van der Waals surface area contributed by atoms with Gasteiger partial charge in [-0.1, -0.05) is 13.8 Å². The summed E-state index contributed by atoms with van der Waals surface area (Å²) in [4.78, 5) is 0. The van der Waals surface area contributed by atoms with Crippen molar-refractivity contribution in [3.05, 3.63) is 0 Å². The Labute approximate surface area is 171 Å². The molecule has 2 saturated heterocycles. The van der Waals surface area contributed by atoms with Crippen molar-refractivity contribution in [1.29, 1.82) is 0 Å². The molecular formula is C24H40O4. The highest BCUT2D eigenvalue weighted by Crippen LogP contribution is 2.62. The van der Waals surface area contributed by atoms with Crippen LogP contribution in [0.4, 0.5) is 0 Å². The minimum Gasteiger partial charge on any atom is -0.380 e. The maximum atomic E-state index is 6.26. The molecule has 3 aliphatic carbocycles. The molecule has 3 saturated carbocycles. The molecule has 4 heteroatoms. The fraction of sp³-hybridized carbons (Fsp3) is 1.00. The molecule has 0 spiro atoms. The summed E-state index contributed by atoms with van der Waals surface area (Å²) >= 11 is 0. The second-order valence-corrected chi connectivity index (χ2v) is 11.0. The molecule has 0 radical (unpaired) electrons. The van der Waals surface area contributed by atoms with E-state index in [0.29, 0.717) is 10.8 Å². The number of fused-ring (bicyclic) bond motifs is 5. The molecule has 6 atom stereocenters. The standard InChI is InChI=1S/C24H40O4/c1-3-23(13-27-14-23)11-25-9-17-5-20-18-7-19(21(8-18)22(20)6-17)10-26-12-24(4-2)15-28-16-24/h17-22H,3-16H2,1-2H3. The summed E-state index contributed by atoms with van der Waals surface area (Å²) in [6, 6.07) is 0. The molecule has 2 aliphatic heterocycles. The van der Waals surface area contributed by atoms with Gasteiger partial charge in [0.15, 0.2) is 0 Å². The van der Waals surface area contributed by atoms with Crippen LogP contribution in [-0.4, -0.2) is 52.9 Å². The van der Waals surface area contributed by atoms with Gasteiger partial charge in [0, 0.05) is 24.0 Å². The van der Waals surface area contributed by atoms with Gasteiger partial charge in [-0.2, -0.15) is 0 Å². The SMILES string of the molecule is CCC1(COCC2CC3C4CC(COCC5(CC)COC5)C(C4)C3C2)COC1. The van der Waals surface area contributed by atoms with Gasteiger partial charge in [-0.3, -0.25) is 0 Å². The van der Waals surface area contributed by atoms with Gasteiger partial charge in [0.25, 0.3) is 0 Å². The number of rotatable bonds is 10. The minimum absolute atomic E-state index is 0.331. The Balaban J connectivity index is 1.06. The van der Waals surface area contributed by atoms with E-state index in [4.69, 9.17) is 18.9 Å². The van der Waals surface area contributed by atoms with Crippen LogP contribution in [-0.2, 0) is 18.9 Å². The molecule has 0 aromatic rings. The maximum absolute atomic E-state index is 6.26. The third-order valence-corrected chi connectivity index (χ3v) is 9.34. The predicted octanol–water partition coefficient (Wildman–Crippen LogP) is 4.17. The Morgan fingerprint density at radius 3 is 1.89 bits per heavy atom. The lowest BCUT2D eigenvalue weighted by molar-refractivity contribution is -0.154. The zero-order valence-corrected chi connectivity index (χ0v) is 18.0. The Hall–Kier alpha value is -0.160. The van der Waals surface area contributed by atoms with Crippen molar-refractivity contribution in [2.24, 2.45) is 46.3 Å². The summed E-state index contributed by atoms with van der Waals surface area (Å²) in [5, 5.41) is 0. The summed E-state index contributed by atoms with van der Waals surface area (Å²) in [7, 11) is 0. The molecule has 0 aromatic carbocycles. The molecule has 5 aliphatic rings. The first-order valence-electron chi connectivity index (χ1n) is 12.0. The zero-order chi connectivity index (χ0) is 19.2. The van der Waals surface area contributed by atoms with E-state index in [2.05, 4.69) is 13.8 Å². The largest absolute Gasteiger partial charge is 0.380 e. The number of ether oxygens (including phenoxy) is 4. The lowest BCUT2D eigenvalue weighted by Crippen LogP contribution is -2.46. The molecule has 5 fully saturated rings. The minimum atomic E-state index is 0.331. The van der Waals surface area contributed by atoms with Crippen molar-refractivity contribution in [3.8, 4) is 0 Å². The second-order valence-electron chi connectivity index (χ2n) is 11.0. The summed E-state index contributed by atoms with van der Waals surface area (Å²) in [5.41, 5.74) is 0.661. The Kier molecular flexibility index (Phi) is 5.53. The molecule has 0 aromatic heterocycles. The Bertz CT molecular complexity index is 530. The van der Waals surface area contributed by atoms with Crippen LogP contribution in [0.2, 0.25) is 0 Å². The van der Waals surface area contributed by atoms with Gasteiger partial charge in [0.1, 0.15) is 0 Å². The van der Waals surface area contributed by atoms with Crippen molar-refractivity contribution in [1.82, 2.24) is 0 Å². The average molecular weight is 393 g/mol. The summed E-state index contributed by atoms with van der Waals surface area (Å²) in [5.74, 6) is 5.46. The molecular weight excluding hydrogens is 352 g/mol. The van der Waals surface area contributed by atoms with E-state index in [0.717, 1.165) is 88.4 Å². The first-order chi connectivity index (χ1) is 13.7. The Morgan fingerprint density at radius 2 is 1.32 bits per heavy atom. The van der Waals surface area contributed by atoms with E-state index >= 15 is 0 Å². The molecule has 5 rings (SSSR count). The lowest BCUT2D eigenvalue weighted by Gasteiger charge is -2.41. The highest BCUT2D eigenvalue weighted by Gasteiger charge is 2.55. The third-order valence-electron chi connectivity index (χ3n) is 9.34. The van der Waals surface area contributed by atoms with Crippen LogP contribution in [0, 0.1) is 46.3 Å².